The third-order valence-corrected chi connectivity index (χ3v) is 2.79. The van der Waals surface area contributed by atoms with Gasteiger partial charge in [-0.2, -0.15) is 13.2 Å². The summed E-state index contributed by atoms with van der Waals surface area (Å²) < 4.78 is 38.0. The maximum Gasteiger partial charge on any atom is 0.416 e. The van der Waals surface area contributed by atoms with Crippen molar-refractivity contribution in [3.8, 4) is 0 Å². The van der Waals surface area contributed by atoms with Crippen LogP contribution in [0.25, 0.3) is 10.9 Å². The molecule has 4 nitrogen and oxygen atoms in total. The van der Waals surface area contributed by atoms with Gasteiger partial charge in [0, 0.05) is 5.39 Å². The first-order valence-corrected chi connectivity index (χ1v) is 5.82. The Morgan fingerprint density at radius 3 is 2.40 bits per heavy atom. The van der Waals surface area contributed by atoms with Crippen molar-refractivity contribution in [2.45, 2.75) is 25.9 Å². The summed E-state index contributed by atoms with van der Waals surface area (Å²) in [6.45, 7) is 3.57. The lowest BCUT2D eigenvalue weighted by Crippen LogP contribution is -2.10. The van der Waals surface area contributed by atoms with Crippen molar-refractivity contribution in [1.82, 2.24) is 9.97 Å². The Hall–Kier alpha value is -2.18. The third-order valence-electron chi connectivity index (χ3n) is 2.79. The van der Waals surface area contributed by atoms with Crippen molar-refractivity contribution in [1.29, 1.82) is 0 Å². The minimum atomic E-state index is -4.50. The van der Waals surface area contributed by atoms with Crippen LogP contribution in [0.3, 0.4) is 0 Å². The SMILES string of the molecule is CC(C)c1nc(C(=O)O)nc2cc(C(F)(F)F)ccc12. The van der Waals surface area contributed by atoms with Gasteiger partial charge in [-0.25, -0.2) is 14.8 Å². The van der Waals surface area contributed by atoms with Gasteiger partial charge in [-0.05, 0) is 18.1 Å². The molecule has 7 heteroatoms. The van der Waals surface area contributed by atoms with E-state index in [9.17, 15) is 18.0 Å². The first-order chi connectivity index (χ1) is 9.20. The molecular formula is C13H11F3N2O2. The number of hydrogen-bond acceptors (Lipinski definition) is 3. The Bertz CT molecular complexity index is 681. The van der Waals surface area contributed by atoms with Crippen LogP contribution in [-0.2, 0) is 6.18 Å². The van der Waals surface area contributed by atoms with Crippen LogP contribution in [0.2, 0.25) is 0 Å². The van der Waals surface area contributed by atoms with Gasteiger partial charge in [-0.15, -0.1) is 0 Å². The van der Waals surface area contributed by atoms with E-state index >= 15 is 0 Å². The first kappa shape index (κ1) is 14.2. The normalized spacial score (nSPS) is 12.1. The zero-order valence-electron chi connectivity index (χ0n) is 10.7. The fourth-order valence-corrected chi connectivity index (χ4v) is 1.87. The van der Waals surface area contributed by atoms with Gasteiger partial charge in [-0.3, -0.25) is 0 Å². The summed E-state index contributed by atoms with van der Waals surface area (Å²) in [5, 5.41) is 9.36. The smallest absolute Gasteiger partial charge is 0.416 e. The predicted octanol–water partition coefficient (Wildman–Crippen LogP) is 3.47. The van der Waals surface area contributed by atoms with Crippen LogP contribution in [0.5, 0.6) is 0 Å². The highest BCUT2D eigenvalue weighted by atomic mass is 19.4. The number of halogens is 3. The van der Waals surface area contributed by atoms with E-state index in [2.05, 4.69) is 9.97 Å². The molecule has 0 aliphatic heterocycles. The monoisotopic (exact) mass is 284 g/mol. The Balaban J connectivity index is 2.77. The topological polar surface area (TPSA) is 63.1 Å². The number of fused-ring (bicyclic) bond motifs is 1. The fourth-order valence-electron chi connectivity index (χ4n) is 1.87. The second kappa shape index (κ2) is 4.73. The van der Waals surface area contributed by atoms with E-state index in [0.717, 1.165) is 12.1 Å². The molecular weight excluding hydrogens is 273 g/mol. The van der Waals surface area contributed by atoms with Crippen LogP contribution in [0.1, 0.15) is 41.6 Å². The first-order valence-electron chi connectivity index (χ1n) is 5.82. The van der Waals surface area contributed by atoms with Crippen LogP contribution in [0.15, 0.2) is 18.2 Å². The van der Waals surface area contributed by atoms with Gasteiger partial charge in [0.25, 0.3) is 0 Å². The van der Waals surface area contributed by atoms with Crippen molar-refractivity contribution in [3.05, 3.63) is 35.3 Å². The minimum Gasteiger partial charge on any atom is -0.475 e. The summed E-state index contributed by atoms with van der Waals surface area (Å²) in [5.74, 6) is -2.00. The molecule has 1 aromatic carbocycles. The molecule has 20 heavy (non-hydrogen) atoms. The molecule has 0 atom stereocenters. The molecule has 2 aromatic rings. The Labute approximate surface area is 112 Å². The number of aromatic nitrogens is 2. The number of rotatable bonds is 2. The number of alkyl halides is 3. The second-order valence-corrected chi connectivity index (χ2v) is 4.62. The summed E-state index contributed by atoms with van der Waals surface area (Å²) in [7, 11) is 0. The quantitative estimate of drug-likeness (QED) is 0.917. The maximum absolute atomic E-state index is 12.7. The van der Waals surface area contributed by atoms with E-state index < -0.39 is 23.5 Å². The minimum absolute atomic E-state index is 0.0177. The molecule has 0 aliphatic rings. The molecule has 0 spiro atoms. The zero-order valence-corrected chi connectivity index (χ0v) is 10.7. The molecule has 106 valence electrons. The van der Waals surface area contributed by atoms with Crippen LogP contribution in [0.4, 0.5) is 13.2 Å². The van der Waals surface area contributed by atoms with Gasteiger partial charge >= 0.3 is 12.1 Å². The summed E-state index contributed by atoms with van der Waals surface area (Å²) >= 11 is 0. The predicted molar refractivity (Wildman–Crippen MR) is 65.6 cm³/mol. The van der Waals surface area contributed by atoms with Crippen LogP contribution in [0, 0.1) is 0 Å². The summed E-state index contributed by atoms with van der Waals surface area (Å²) in [6, 6.07) is 3.06. The van der Waals surface area contributed by atoms with Gasteiger partial charge in [0.15, 0.2) is 0 Å². The van der Waals surface area contributed by atoms with Crippen LogP contribution in [-0.4, -0.2) is 21.0 Å². The number of benzene rings is 1. The second-order valence-electron chi connectivity index (χ2n) is 4.62. The number of carbonyl (C=O) groups is 1. The highest BCUT2D eigenvalue weighted by Crippen LogP contribution is 2.32. The highest BCUT2D eigenvalue weighted by Gasteiger charge is 2.31. The summed E-state index contributed by atoms with van der Waals surface area (Å²) in [4.78, 5) is 18.5. The Kier molecular flexibility index (Phi) is 3.37. The molecule has 1 heterocycles. The standard InChI is InChI=1S/C13H11F3N2O2/c1-6(2)10-8-4-3-7(13(14,15)16)5-9(8)17-11(18-10)12(19)20/h3-6H,1-2H3,(H,19,20). The van der Waals surface area contributed by atoms with E-state index in [4.69, 9.17) is 5.11 Å². The molecule has 0 unspecified atom stereocenters. The lowest BCUT2D eigenvalue weighted by atomic mass is 10.0. The fraction of sp³-hybridized carbons (Fsp3) is 0.308. The molecule has 1 N–H and O–H groups in total. The highest BCUT2D eigenvalue weighted by molar-refractivity contribution is 5.89. The van der Waals surface area contributed by atoms with Gasteiger partial charge in [-0.1, -0.05) is 19.9 Å². The molecule has 0 saturated heterocycles. The van der Waals surface area contributed by atoms with Crippen molar-refractivity contribution in [3.63, 3.8) is 0 Å². The van der Waals surface area contributed by atoms with Gasteiger partial charge in [0.1, 0.15) is 0 Å². The van der Waals surface area contributed by atoms with Gasteiger partial charge in [0.2, 0.25) is 5.82 Å². The zero-order chi connectivity index (χ0) is 15.1. The van der Waals surface area contributed by atoms with E-state index in [1.807, 2.05) is 0 Å². The van der Waals surface area contributed by atoms with E-state index in [-0.39, 0.29) is 11.4 Å². The van der Waals surface area contributed by atoms with Gasteiger partial charge in [0.05, 0.1) is 16.8 Å². The molecule has 0 fully saturated rings. The number of hydrogen-bond donors (Lipinski definition) is 1. The lowest BCUT2D eigenvalue weighted by Gasteiger charge is -2.12. The number of carboxylic acids is 1. The van der Waals surface area contributed by atoms with E-state index in [1.165, 1.54) is 6.07 Å². The molecule has 0 amide bonds. The molecule has 2 rings (SSSR count). The number of nitrogens with zero attached hydrogens (tertiary/aromatic N) is 2. The Morgan fingerprint density at radius 1 is 1.25 bits per heavy atom. The molecule has 0 bridgehead atoms. The maximum atomic E-state index is 12.7. The van der Waals surface area contributed by atoms with Crippen molar-refractivity contribution < 1.29 is 23.1 Å². The molecule has 0 saturated carbocycles. The average Bonchev–Trinajstić information content (AvgIpc) is 2.35. The lowest BCUT2D eigenvalue weighted by molar-refractivity contribution is -0.137. The molecule has 0 aliphatic carbocycles. The third kappa shape index (κ3) is 2.56. The summed E-state index contributed by atoms with van der Waals surface area (Å²) in [5.41, 5.74) is -0.466. The number of carboxylic acid groups (broad SMARTS) is 1. The Morgan fingerprint density at radius 2 is 1.90 bits per heavy atom. The average molecular weight is 284 g/mol. The van der Waals surface area contributed by atoms with Crippen molar-refractivity contribution >= 4 is 16.9 Å². The number of aromatic carboxylic acids is 1. The van der Waals surface area contributed by atoms with Crippen LogP contribution >= 0.6 is 0 Å². The van der Waals surface area contributed by atoms with E-state index in [1.54, 1.807) is 13.8 Å². The van der Waals surface area contributed by atoms with E-state index in [0.29, 0.717) is 11.1 Å². The van der Waals surface area contributed by atoms with Gasteiger partial charge < -0.3 is 5.11 Å². The van der Waals surface area contributed by atoms with Crippen LogP contribution < -0.4 is 0 Å². The summed E-state index contributed by atoms with van der Waals surface area (Å²) in [6.07, 6.45) is -4.50. The van der Waals surface area contributed by atoms with Crippen molar-refractivity contribution in [2.24, 2.45) is 0 Å². The molecule has 1 aromatic heterocycles. The largest absolute Gasteiger partial charge is 0.475 e. The molecule has 0 radical (unpaired) electrons. The van der Waals surface area contributed by atoms with Crippen molar-refractivity contribution in [2.75, 3.05) is 0 Å².